The highest BCUT2D eigenvalue weighted by atomic mass is 32.2. The number of hydrogen-bond donors (Lipinski definition) is 2. The third kappa shape index (κ3) is 3.46. The molecule has 0 aromatic carbocycles. The number of rotatable bonds is 4. The molecule has 0 aliphatic heterocycles. The topological polar surface area (TPSA) is 103 Å². The van der Waals surface area contributed by atoms with Gasteiger partial charge in [-0.2, -0.15) is 4.68 Å². The van der Waals surface area contributed by atoms with Crippen LogP contribution in [0.5, 0.6) is 0 Å². The molecule has 0 atom stereocenters. The van der Waals surface area contributed by atoms with Crippen molar-refractivity contribution in [3.63, 3.8) is 0 Å². The molecular formula is C11H17N5O2S. The maximum Gasteiger partial charge on any atom is 0.294 e. The Balaban J connectivity index is 1.89. The molecule has 0 saturated heterocycles. The van der Waals surface area contributed by atoms with E-state index in [0.29, 0.717) is 0 Å². The zero-order valence-electron chi connectivity index (χ0n) is 10.8. The smallest absolute Gasteiger partial charge is 0.294 e. The monoisotopic (exact) mass is 283 g/mol. The van der Waals surface area contributed by atoms with Crippen molar-refractivity contribution in [2.45, 2.75) is 43.8 Å². The quantitative estimate of drug-likeness (QED) is 0.586. The van der Waals surface area contributed by atoms with Crippen LogP contribution in [0.2, 0.25) is 0 Å². The first-order valence-electron chi connectivity index (χ1n) is 6.21. The van der Waals surface area contributed by atoms with Gasteiger partial charge in [-0.15, -0.1) is 10.2 Å². The van der Waals surface area contributed by atoms with Gasteiger partial charge < -0.3 is 11.2 Å². The summed E-state index contributed by atoms with van der Waals surface area (Å²) in [6.45, 7) is 1.54. The van der Waals surface area contributed by atoms with E-state index in [1.54, 1.807) is 6.92 Å². The van der Waals surface area contributed by atoms with Crippen LogP contribution in [0.3, 0.4) is 0 Å². The lowest BCUT2D eigenvalue weighted by Crippen LogP contribution is -2.35. The molecule has 1 aliphatic carbocycles. The predicted molar refractivity (Wildman–Crippen MR) is 72.3 cm³/mol. The van der Waals surface area contributed by atoms with E-state index in [-0.39, 0.29) is 28.6 Å². The number of thioether (sulfide) groups is 1. The van der Waals surface area contributed by atoms with Crippen LogP contribution in [0, 0.1) is 6.92 Å². The molecule has 3 N–H and O–H groups in total. The van der Waals surface area contributed by atoms with Crippen molar-refractivity contribution >= 4 is 17.7 Å². The second-order valence-electron chi connectivity index (χ2n) is 4.58. The number of carbonyl (C=O) groups is 1. The van der Waals surface area contributed by atoms with Crippen molar-refractivity contribution in [1.82, 2.24) is 20.2 Å². The zero-order chi connectivity index (χ0) is 13.8. The van der Waals surface area contributed by atoms with Gasteiger partial charge in [-0.3, -0.25) is 9.59 Å². The average Bonchev–Trinajstić information content (AvgIpc) is 2.88. The molecule has 1 aromatic rings. The first-order valence-corrected chi connectivity index (χ1v) is 7.20. The van der Waals surface area contributed by atoms with E-state index >= 15 is 0 Å². The Bertz CT molecular complexity index is 524. The fourth-order valence-electron chi connectivity index (χ4n) is 2.04. The Labute approximate surface area is 114 Å². The van der Waals surface area contributed by atoms with Gasteiger partial charge in [-0.05, 0) is 19.8 Å². The van der Waals surface area contributed by atoms with Crippen LogP contribution in [0.4, 0.5) is 0 Å². The van der Waals surface area contributed by atoms with Crippen molar-refractivity contribution in [2.75, 3.05) is 11.6 Å². The number of nitrogens with one attached hydrogen (secondary N) is 1. The highest BCUT2D eigenvalue weighted by Gasteiger charge is 2.17. The molecule has 2 rings (SSSR count). The summed E-state index contributed by atoms with van der Waals surface area (Å²) in [7, 11) is 0. The van der Waals surface area contributed by atoms with Gasteiger partial charge in [-0.1, -0.05) is 24.6 Å². The van der Waals surface area contributed by atoms with E-state index in [2.05, 4.69) is 15.5 Å². The van der Waals surface area contributed by atoms with Gasteiger partial charge in [0.25, 0.3) is 5.56 Å². The molecule has 0 bridgehead atoms. The molecule has 1 amide bonds. The average molecular weight is 283 g/mol. The van der Waals surface area contributed by atoms with Gasteiger partial charge in [0.15, 0.2) is 0 Å². The lowest BCUT2D eigenvalue weighted by Gasteiger charge is -2.11. The van der Waals surface area contributed by atoms with Gasteiger partial charge in [0, 0.05) is 6.04 Å². The molecular weight excluding hydrogens is 266 g/mol. The molecule has 0 unspecified atom stereocenters. The second-order valence-corrected chi connectivity index (χ2v) is 5.52. The Morgan fingerprint density at radius 2 is 2.16 bits per heavy atom. The number of amides is 1. The second kappa shape index (κ2) is 6.05. The van der Waals surface area contributed by atoms with Gasteiger partial charge in [0.1, 0.15) is 5.69 Å². The molecule has 7 nitrogen and oxygen atoms in total. The summed E-state index contributed by atoms with van der Waals surface area (Å²) in [5.41, 5.74) is -0.157. The van der Waals surface area contributed by atoms with E-state index in [9.17, 15) is 9.59 Å². The Morgan fingerprint density at radius 1 is 1.47 bits per heavy atom. The van der Waals surface area contributed by atoms with E-state index in [1.165, 1.54) is 12.8 Å². The summed E-state index contributed by atoms with van der Waals surface area (Å²) in [4.78, 5) is 23.3. The largest absolute Gasteiger partial charge is 0.353 e. The standard InChI is InChI=1S/C11H17N5O2S/c1-7-10(18)16(12)11(15-14-7)19-6-9(17)13-8-4-2-3-5-8/h8H,2-6,12H2,1H3,(H,13,17). The van der Waals surface area contributed by atoms with Crippen molar-refractivity contribution < 1.29 is 4.79 Å². The minimum absolute atomic E-state index is 0.0632. The maximum absolute atomic E-state index is 11.7. The molecule has 19 heavy (non-hydrogen) atoms. The third-order valence-electron chi connectivity index (χ3n) is 3.07. The van der Waals surface area contributed by atoms with Crippen LogP contribution in [0.15, 0.2) is 9.95 Å². The van der Waals surface area contributed by atoms with Crippen molar-refractivity contribution in [3.8, 4) is 0 Å². The number of aromatic nitrogens is 3. The van der Waals surface area contributed by atoms with Gasteiger partial charge in [0.05, 0.1) is 5.75 Å². The van der Waals surface area contributed by atoms with Crippen LogP contribution in [0.25, 0.3) is 0 Å². The van der Waals surface area contributed by atoms with Crippen molar-refractivity contribution in [3.05, 3.63) is 16.0 Å². The lowest BCUT2D eigenvalue weighted by molar-refractivity contribution is -0.119. The van der Waals surface area contributed by atoms with E-state index in [1.807, 2.05) is 0 Å². The third-order valence-corrected chi connectivity index (χ3v) is 4.02. The normalized spacial score (nSPS) is 15.6. The molecule has 0 spiro atoms. The minimum atomic E-state index is -0.395. The van der Waals surface area contributed by atoms with Crippen LogP contribution in [-0.2, 0) is 4.79 Å². The molecule has 8 heteroatoms. The molecule has 0 radical (unpaired) electrons. The molecule has 104 valence electrons. The zero-order valence-corrected chi connectivity index (χ0v) is 11.6. The predicted octanol–water partition coefficient (Wildman–Crippen LogP) is -0.189. The molecule has 1 heterocycles. The minimum Gasteiger partial charge on any atom is -0.353 e. The summed E-state index contributed by atoms with van der Waals surface area (Å²) in [5, 5.41) is 10.7. The fraction of sp³-hybridized carbons (Fsp3) is 0.636. The van der Waals surface area contributed by atoms with Crippen LogP contribution < -0.4 is 16.7 Å². The molecule has 1 aromatic heterocycles. The highest BCUT2D eigenvalue weighted by Crippen LogP contribution is 2.18. The highest BCUT2D eigenvalue weighted by molar-refractivity contribution is 7.99. The Hall–Kier alpha value is -1.57. The number of hydrogen-bond acceptors (Lipinski definition) is 6. The summed E-state index contributed by atoms with van der Waals surface area (Å²) >= 11 is 1.11. The van der Waals surface area contributed by atoms with Gasteiger partial charge >= 0.3 is 0 Å². The Morgan fingerprint density at radius 3 is 2.84 bits per heavy atom. The molecule has 1 fully saturated rings. The summed E-state index contributed by atoms with van der Waals surface area (Å²) in [6.07, 6.45) is 4.43. The number of nitrogens with zero attached hydrogens (tertiary/aromatic N) is 3. The van der Waals surface area contributed by atoms with E-state index in [0.717, 1.165) is 29.3 Å². The number of nitrogen functional groups attached to an aromatic ring is 1. The van der Waals surface area contributed by atoms with Crippen molar-refractivity contribution in [2.24, 2.45) is 0 Å². The van der Waals surface area contributed by atoms with Gasteiger partial charge in [0.2, 0.25) is 11.1 Å². The summed E-state index contributed by atoms with van der Waals surface area (Å²) in [6, 6.07) is 0.289. The fourth-order valence-corrected chi connectivity index (χ4v) is 2.70. The van der Waals surface area contributed by atoms with Crippen LogP contribution in [0.1, 0.15) is 31.4 Å². The lowest BCUT2D eigenvalue weighted by atomic mass is 10.2. The van der Waals surface area contributed by atoms with Gasteiger partial charge in [-0.25, -0.2) is 0 Å². The maximum atomic E-state index is 11.7. The van der Waals surface area contributed by atoms with Crippen molar-refractivity contribution in [1.29, 1.82) is 0 Å². The number of carbonyl (C=O) groups excluding carboxylic acids is 1. The first kappa shape index (κ1) is 13.9. The van der Waals surface area contributed by atoms with Crippen LogP contribution in [-0.4, -0.2) is 32.6 Å². The number of nitrogens with two attached hydrogens (primary N) is 1. The summed E-state index contributed by atoms with van der Waals surface area (Å²) in [5.74, 6) is 5.70. The van der Waals surface area contributed by atoms with E-state index in [4.69, 9.17) is 5.84 Å². The van der Waals surface area contributed by atoms with Crippen LogP contribution >= 0.6 is 11.8 Å². The first-order chi connectivity index (χ1) is 9.08. The molecule has 1 aliphatic rings. The number of aryl methyl sites for hydroxylation is 1. The summed E-state index contributed by atoms with van der Waals surface area (Å²) < 4.78 is 0.926. The SMILES string of the molecule is Cc1nnc(SCC(=O)NC2CCCC2)n(N)c1=O. The van der Waals surface area contributed by atoms with E-state index < -0.39 is 5.56 Å². The molecule has 1 saturated carbocycles. The Kier molecular flexibility index (Phi) is 4.41.